The molecule has 0 unspecified atom stereocenters. The summed E-state index contributed by atoms with van der Waals surface area (Å²) in [6.45, 7) is 0.424. The highest BCUT2D eigenvalue weighted by Crippen LogP contribution is 2.17. The maximum absolute atomic E-state index is 10.9. The van der Waals surface area contributed by atoms with Crippen molar-refractivity contribution in [2.45, 2.75) is 12.3 Å². The zero-order valence-corrected chi connectivity index (χ0v) is 8.01. The van der Waals surface area contributed by atoms with Gasteiger partial charge in [-0.15, -0.1) is 0 Å². The first kappa shape index (κ1) is 10.7. The molecule has 0 aromatic carbocycles. The van der Waals surface area contributed by atoms with Crippen molar-refractivity contribution < 1.29 is 14.6 Å². The summed E-state index contributed by atoms with van der Waals surface area (Å²) in [6.07, 6.45) is 2.04. The lowest BCUT2D eigenvalue weighted by molar-refractivity contribution is -0.139. The minimum atomic E-state index is -0.860. The quantitative estimate of drug-likeness (QED) is 0.769. The summed E-state index contributed by atoms with van der Waals surface area (Å²) in [6, 6.07) is 5.26. The van der Waals surface area contributed by atoms with Gasteiger partial charge >= 0.3 is 5.97 Å². The van der Waals surface area contributed by atoms with Gasteiger partial charge in [-0.3, -0.25) is 9.78 Å². The van der Waals surface area contributed by atoms with E-state index in [4.69, 9.17) is 9.84 Å². The summed E-state index contributed by atoms with van der Waals surface area (Å²) >= 11 is 0. The second kappa shape index (κ2) is 5.34. The first-order chi connectivity index (χ1) is 6.75. The largest absolute Gasteiger partial charge is 0.481 e. The molecule has 14 heavy (non-hydrogen) atoms. The summed E-state index contributed by atoms with van der Waals surface area (Å²) in [5.41, 5.74) is 0.581. The Morgan fingerprint density at radius 2 is 2.43 bits per heavy atom. The number of rotatable bonds is 5. The number of hydrogen-bond donors (Lipinski definition) is 1. The molecule has 0 radical (unpaired) electrons. The van der Waals surface area contributed by atoms with E-state index in [1.165, 1.54) is 0 Å². The summed E-state index contributed by atoms with van der Waals surface area (Å²) in [4.78, 5) is 14.9. The van der Waals surface area contributed by atoms with E-state index in [9.17, 15) is 4.79 Å². The first-order valence-electron chi connectivity index (χ1n) is 4.38. The van der Waals surface area contributed by atoms with Crippen LogP contribution in [-0.4, -0.2) is 29.8 Å². The van der Waals surface area contributed by atoms with Crippen molar-refractivity contribution in [1.82, 2.24) is 4.98 Å². The van der Waals surface area contributed by atoms with E-state index >= 15 is 0 Å². The van der Waals surface area contributed by atoms with E-state index in [0.717, 1.165) is 0 Å². The molecule has 76 valence electrons. The molecule has 4 heteroatoms. The van der Waals surface area contributed by atoms with Gasteiger partial charge in [-0.25, -0.2) is 0 Å². The van der Waals surface area contributed by atoms with Gasteiger partial charge in [-0.1, -0.05) is 6.07 Å². The van der Waals surface area contributed by atoms with E-state index < -0.39 is 11.9 Å². The molecule has 1 N–H and O–H groups in total. The molecule has 1 heterocycles. The van der Waals surface area contributed by atoms with Crippen LogP contribution in [0.15, 0.2) is 24.4 Å². The molecule has 1 aromatic heterocycles. The molecule has 4 nitrogen and oxygen atoms in total. The highest BCUT2D eigenvalue weighted by atomic mass is 16.5. The molecule has 0 aliphatic heterocycles. The van der Waals surface area contributed by atoms with Crippen molar-refractivity contribution in [3.8, 4) is 0 Å². The van der Waals surface area contributed by atoms with Crippen LogP contribution in [0.4, 0.5) is 0 Å². The lowest BCUT2D eigenvalue weighted by atomic mass is 10.0. The number of aromatic nitrogens is 1. The maximum Gasteiger partial charge on any atom is 0.312 e. The van der Waals surface area contributed by atoms with Crippen molar-refractivity contribution in [3.63, 3.8) is 0 Å². The van der Waals surface area contributed by atoms with Crippen LogP contribution in [-0.2, 0) is 9.53 Å². The number of carboxylic acids is 1. The van der Waals surface area contributed by atoms with Crippen LogP contribution < -0.4 is 0 Å². The van der Waals surface area contributed by atoms with Crippen LogP contribution in [0, 0.1) is 0 Å². The Morgan fingerprint density at radius 1 is 1.64 bits per heavy atom. The minimum absolute atomic E-state index is 0.424. The fraction of sp³-hybridized carbons (Fsp3) is 0.400. The summed E-state index contributed by atoms with van der Waals surface area (Å²) in [5, 5.41) is 8.96. The van der Waals surface area contributed by atoms with Gasteiger partial charge in [0.15, 0.2) is 0 Å². The van der Waals surface area contributed by atoms with Crippen LogP contribution in [0.2, 0.25) is 0 Å². The van der Waals surface area contributed by atoms with Crippen LogP contribution in [0.5, 0.6) is 0 Å². The number of carboxylic acid groups (broad SMARTS) is 1. The van der Waals surface area contributed by atoms with Gasteiger partial charge in [-0.2, -0.15) is 0 Å². The molecule has 0 amide bonds. The molecule has 1 aromatic rings. The lowest BCUT2D eigenvalue weighted by Gasteiger charge is -2.10. The Bertz CT molecular complexity index is 287. The Labute approximate surface area is 82.5 Å². The molecule has 0 saturated carbocycles. The predicted octanol–water partition coefficient (Wildman–Crippen LogP) is 1.29. The molecule has 0 fully saturated rings. The lowest BCUT2D eigenvalue weighted by Crippen LogP contribution is -2.14. The highest BCUT2D eigenvalue weighted by Gasteiger charge is 2.20. The second-order valence-corrected chi connectivity index (χ2v) is 2.93. The SMILES string of the molecule is COCC[C@@H](C(=O)O)c1ccccn1. The summed E-state index contributed by atoms with van der Waals surface area (Å²) in [7, 11) is 1.55. The Hall–Kier alpha value is -1.42. The monoisotopic (exact) mass is 195 g/mol. The molecule has 0 bridgehead atoms. The van der Waals surface area contributed by atoms with Crippen molar-refractivity contribution in [3.05, 3.63) is 30.1 Å². The maximum atomic E-state index is 10.9. The van der Waals surface area contributed by atoms with Gasteiger partial charge < -0.3 is 9.84 Å². The van der Waals surface area contributed by atoms with E-state index in [1.54, 1.807) is 31.5 Å². The van der Waals surface area contributed by atoms with Crippen molar-refractivity contribution in [2.75, 3.05) is 13.7 Å². The number of nitrogens with zero attached hydrogens (tertiary/aromatic N) is 1. The molecule has 1 rings (SSSR count). The zero-order valence-electron chi connectivity index (χ0n) is 8.01. The van der Waals surface area contributed by atoms with E-state index in [-0.39, 0.29) is 0 Å². The zero-order chi connectivity index (χ0) is 10.4. The molecule has 0 spiro atoms. The number of hydrogen-bond acceptors (Lipinski definition) is 3. The van der Waals surface area contributed by atoms with Crippen molar-refractivity contribution >= 4 is 5.97 Å². The molecular weight excluding hydrogens is 182 g/mol. The van der Waals surface area contributed by atoms with Crippen LogP contribution in [0.1, 0.15) is 18.0 Å². The topological polar surface area (TPSA) is 59.4 Å². The van der Waals surface area contributed by atoms with Gasteiger partial charge in [0, 0.05) is 19.9 Å². The number of carbonyl (C=O) groups is 1. The fourth-order valence-corrected chi connectivity index (χ4v) is 1.22. The van der Waals surface area contributed by atoms with Gasteiger partial charge in [0.2, 0.25) is 0 Å². The van der Waals surface area contributed by atoms with Gasteiger partial charge in [0.1, 0.15) is 5.92 Å². The van der Waals surface area contributed by atoms with Crippen LogP contribution >= 0.6 is 0 Å². The molecule has 1 atom stereocenters. The molecular formula is C10H13NO3. The fourth-order valence-electron chi connectivity index (χ4n) is 1.22. The molecule has 0 aliphatic carbocycles. The molecule has 0 saturated heterocycles. The Kier molecular flexibility index (Phi) is 4.07. The number of pyridine rings is 1. The molecule has 0 aliphatic rings. The third kappa shape index (κ3) is 2.81. The second-order valence-electron chi connectivity index (χ2n) is 2.93. The summed E-state index contributed by atoms with van der Waals surface area (Å²) < 4.78 is 4.85. The first-order valence-corrected chi connectivity index (χ1v) is 4.38. The van der Waals surface area contributed by atoms with E-state index in [1.807, 2.05) is 0 Å². The highest BCUT2D eigenvalue weighted by molar-refractivity contribution is 5.75. The van der Waals surface area contributed by atoms with Crippen LogP contribution in [0.25, 0.3) is 0 Å². The normalized spacial score (nSPS) is 12.4. The van der Waals surface area contributed by atoms with Gasteiger partial charge in [-0.05, 0) is 18.6 Å². The smallest absolute Gasteiger partial charge is 0.312 e. The van der Waals surface area contributed by atoms with Gasteiger partial charge in [0.05, 0.1) is 5.69 Å². The average Bonchev–Trinajstić information content (AvgIpc) is 2.19. The van der Waals surface area contributed by atoms with E-state index in [2.05, 4.69) is 4.98 Å². The predicted molar refractivity (Wildman–Crippen MR) is 51.1 cm³/mol. The number of aliphatic carboxylic acids is 1. The Balaban J connectivity index is 2.73. The van der Waals surface area contributed by atoms with Gasteiger partial charge in [0.25, 0.3) is 0 Å². The van der Waals surface area contributed by atoms with Crippen molar-refractivity contribution in [1.29, 1.82) is 0 Å². The third-order valence-corrected chi connectivity index (χ3v) is 1.95. The van der Waals surface area contributed by atoms with E-state index in [0.29, 0.717) is 18.7 Å². The minimum Gasteiger partial charge on any atom is -0.481 e. The third-order valence-electron chi connectivity index (χ3n) is 1.95. The Morgan fingerprint density at radius 3 is 2.93 bits per heavy atom. The summed E-state index contributed by atoms with van der Waals surface area (Å²) in [5.74, 6) is -1.43. The van der Waals surface area contributed by atoms with Crippen LogP contribution in [0.3, 0.4) is 0 Å². The number of ether oxygens (including phenoxy) is 1. The number of methoxy groups -OCH3 is 1. The standard InChI is InChI=1S/C10H13NO3/c1-14-7-5-8(10(12)13)9-4-2-3-6-11-9/h2-4,6,8H,5,7H2,1H3,(H,12,13)/t8-/m1/s1. The van der Waals surface area contributed by atoms with Crippen molar-refractivity contribution in [2.24, 2.45) is 0 Å². The average molecular weight is 195 g/mol.